The van der Waals surface area contributed by atoms with Gasteiger partial charge in [-0.2, -0.15) is 0 Å². The Balaban J connectivity index is 1.81. The Morgan fingerprint density at radius 1 is 0.793 bits per heavy atom. The van der Waals surface area contributed by atoms with E-state index in [1.165, 1.54) is 0 Å². The summed E-state index contributed by atoms with van der Waals surface area (Å²) in [7, 11) is 1.64. The molecule has 0 N–H and O–H groups in total. The van der Waals surface area contributed by atoms with E-state index >= 15 is 0 Å². The Bertz CT molecular complexity index is 1260. The zero-order valence-corrected chi connectivity index (χ0v) is 16.4. The molecule has 0 saturated heterocycles. The molecule has 0 amide bonds. The lowest BCUT2D eigenvalue weighted by Crippen LogP contribution is -2.01. The zero-order chi connectivity index (χ0) is 20.0. The highest BCUT2D eigenvalue weighted by molar-refractivity contribution is 6.34. The van der Waals surface area contributed by atoms with E-state index in [-0.39, 0.29) is 5.78 Å². The molecule has 3 nitrogen and oxygen atoms in total. The van der Waals surface area contributed by atoms with Gasteiger partial charge in [-0.15, -0.1) is 0 Å². The Morgan fingerprint density at radius 3 is 2.14 bits per heavy atom. The molecule has 0 unspecified atom stereocenters. The van der Waals surface area contributed by atoms with E-state index < -0.39 is 0 Å². The Labute approximate surface area is 173 Å². The lowest BCUT2D eigenvalue weighted by molar-refractivity contribution is 0.104. The van der Waals surface area contributed by atoms with Crippen LogP contribution in [0.1, 0.15) is 15.9 Å². The first-order valence-electron chi connectivity index (χ1n) is 9.26. The molecule has 0 spiro atoms. The van der Waals surface area contributed by atoms with E-state index in [1.54, 1.807) is 7.11 Å². The largest absolute Gasteiger partial charge is 0.497 e. The van der Waals surface area contributed by atoms with E-state index in [2.05, 4.69) is 0 Å². The topological polar surface area (TPSA) is 39.2 Å². The van der Waals surface area contributed by atoms with Crippen molar-refractivity contribution in [1.29, 1.82) is 0 Å². The number of benzene rings is 3. The van der Waals surface area contributed by atoms with Gasteiger partial charge in [0.2, 0.25) is 0 Å². The molecule has 1 aromatic heterocycles. The summed E-state index contributed by atoms with van der Waals surface area (Å²) in [6, 6.07) is 24.9. The number of pyridine rings is 1. The predicted molar refractivity (Wildman–Crippen MR) is 116 cm³/mol. The van der Waals surface area contributed by atoms with Crippen molar-refractivity contribution in [3.05, 3.63) is 95.0 Å². The number of fused-ring (bicyclic) bond motifs is 3. The molecule has 4 aromatic rings. The van der Waals surface area contributed by atoms with Gasteiger partial charge in [-0.3, -0.25) is 4.79 Å². The predicted octanol–water partition coefficient (Wildman–Crippen LogP) is 6.29. The van der Waals surface area contributed by atoms with Gasteiger partial charge in [-0.1, -0.05) is 54.1 Å². The summed E-state index contributed by atoms with van der Waals surface area (Å²) >= 11 is 6.51. The lowest BCUT2D eigenvalue weighted by Gasteiger charge is -2.13. The number of carbonyl (C=O) groups excluding carboxylic acids is 1. The molecule has 5 rings (SSSR count). The number of ether oxygens (including phenoxy) is 1. The molecular weight excluding hydrogens is 382 g/mol. The fraction of sp³-hybridized carbons (Fsp3) is 0.0400. The van der Waals surface area contributed by atoms with Crippen LogP contribution in [0.15, 0.2) is 78.9 Å². The summed E-state index contributed by atoms with van der Waals surface area (Å²) in [5.41, 5.74) is 6.19. The monoisotopic (exact) mass is 397 g/mol. The van der Waals surface area contributed by atoms with Gasteiger partial charge in [-0.25, -0.2) is 4.98 Å². The highest BCUT2D eigenvalue weighted by atomic mass is 35.5. The van der Waals surface area contributed by atoms with Crippen LogP contribution in [0.5, 0.6) is 5.75 Å². The molecule has 140 valence electrons. The smallest absolute Gasteiger partial charge is 0.196 e. The highest BCUT2D eigenvalue weighted by Crippen LogP contribution is 2.43. The first-order valence-corrected chi connectivity index (χ1v) is 9.63. The van der Waals surface area contributed by atoms with Gasteiger partial charge in [0.25, 0.3) is 0 Å². The van der Waals surface area contributed by atoms with E-state index in [0.29, 0.717) is 21.8 Å². The minimum Gasteiger partial charge on any atom is -0.497 e. The highest BCUT2D eigenvalue weighted by Gasteiger charge is 2.32. The third-order valence-corrected chi connectivity index (χ3v) is 5.55. The SMILES string of the molecule is COc1ccc(-c2cc(-c3ccccc3Cl)c3c(n2)-c2ccccc2C3=O)cc1. The van der Waals surface area contributed by atoms with Crippen LogP contribution in [0.4, 0.5) is 0 Å². The Morgan fingerprint density at radius 2 is 1.45 bits per heavy atom. The number of hydrogen-bond acceptors (Lipinski definition) is 3. The number of aromatic nitrogens is 1. The first-order chi connectivity index (χ1) is 14.2. The van der Waals surface area contributed by atoms with Crippen molar-refractivity contribution < 1.29 is 9.53 Å². The second-order valence-corrected chi connectivity index (χ2v) is 7.27. The van der Waals surface area contributed by atoms with Crippen LogP contribution in [0, 0.1) is 0 Å². The molecule has 1 aliphatic rings. The molecule has 29 heavy (non-hydrogen) atoms. The average molecular weight is 398 g/mol. The molecule has 0 saturated carbocycles. The van der Waals surface area contributed by atoms with Gasteiger partial charge in [0, 0.05) is 27.3 Å². The van der Waals surface area contributed by atoms with Crippen molar-refractivity contribution in [1.82, 2.24) is 4.98 Å². The molecule has 0 radical (unpaired) electrons. The van der Waals surface area contributed by atoms with Crippen LogP contribution in [-0.2, 0) is 0 Å². The van der Waals surface area contributed by atoms with Gasteiger partial charge < -0.3 is 4.74 Å². The van der Waals surface area contributed by atoms with Crippen molar-refractivity contribution in [2.45, 2.75) is 0 Å². The van der Waals surface area contributed by atoms with E-state index in [0.717, 1.165) is 33.7 Å². The Hall–Kier alpha value is -3.43. The van der Waals surface area contributed by atoms with Crippen LogP contribution < -0.4 is 4.74 Å². The second-order valence-electron chi connectivity index (χ2n) is 6.86. The molecule has 0 aliphatic heterocycles. The molecule has 1 heterocycles. The summed E-state index contributed by atoms with van der Waals surface area (Å²) < 4.78 is 5.27. The lowest BCUT2D eigenvalue weighted by atomic mass is 9.95. The summed E-state index contributed by atoms with van der Waals surface area (Å²) in [5.74, 6) is 0.765. The van der Waals surface area contributed by atoms with Crippen molar-refractivity contribution >= 4 is 17.4 Å². The second kappa shape index (κ2) is 6.87. The van der Waals surface area contributed by atoms with Gasteiger partial charge in [0.1, 0.15) is 5.75 Å². The number of carbonyl (C=O) groups is 1. The summed E-state index contributed by atoms with van der Waals surface area (Å²) in [6.07, 6.45) is 0. The number of methoxy groups -OCH3 is 1. The van der Waals surface area contributed by atoms with Crippen molar-refractivity contribution in [2.75, 3.05) is 7.11 Å². The molecule has 0 bridgehead atoms. The van der Waals surface area contributed by atoms with Gasteiger partial charge in [0.05, 0.1) is 24.1 Å². The summed E-state index contributed by atoms with van der Waals surface area (Å²) in [5, 5.41) is 0.602. The number of ketones is 1. The standard InChI is InChI=1S/C25H16ClNO2/c1-29-16-12-10-15(11-13-16)22-14-20(17-6-4-5-9-21(17)26)23-24(27-22)18-7-2-3-8-19(18)25(23)28/h2-14H,1H3. The first kappa shape index (κ1) is 17.7. The number of nitrogens with zero attached hydrogens (tertiary/aromatic N) is 1. The maximum absolute atomic E-state index is 13.2. The van der Waals surface area contributed by atoms with Crippen molar-refractivity contribution in [3.8, 4) is 39.4 Å². The van der Waals surface area contributed by atoms with Gasteiger partial charge >= 0.3 is 0 Å². The molecular formula is C25H16ClNO2. The number of rotatable bonds is 3. The number of halogens is 1. The normalized spacial score (nSPS) is 11.9. The van der Waals surface area contributed by atoms with E-state index in [4.69, 9.17) is 21.3 Å². The van der Waals surface area contributed by atoms with Crippen LogP contribution in [0.2, 0.25) is 5.02 Å². The van der Waals surface area contributed by atoms with Gasteiger partial charge in [-0.05, 0) is 42.0 Å². The van der Waals surface area contributed by atoms with Crippen molar-refractivity contribution in [3.63, 3.8) is 0 Å². The van der Waals surface area contributed by atoms with E-state index in [1.807, 2.05) is 78.9 Å². The van der Waals surface area contributed by atoms with Crippen LogP contribution in [0.25, 0.3) is 33.6 Å². The quantitative estimate of drug-likeness (QED) is 0.359. The fourth-order valence-corrected chi connectivity index (χ4v) is 4.03. The molecule has 1 aliphatic carbocycles. The minimum absolute atomic E-state index is 0.0145. The third-order valence-electron chi connectivity index (χ3n) is 5.22. The van der Waals surface area contributed by atoms with Crippen LogP contribution >= 0.6 is 11.6 Å². The molecule has 0 atom stereocenters. The maximum atomic E-state index is 13.2. The Kier molecular flexibility index (Phi) is 4.18. The molecule has 0 fully saturated rings. The zero-order valence-electron chi connectivity index (χ0n) is 15.6. The average Bonchev–Trinajstić information content (AvgIpc) is 3.06. The summed E-state index contributed by atoms with van der Waals surface area (Å²) in [4.78, 5) is 18.1. The fourth-order valence-electron chi connectivity index (χ4n) is 3.79. The van der Waals surface area contributed by atoms with Crippen LogP contribution in [-0.4, -0.2) is 17.9 Å². The minimum atomic E-state index is -0.0145. The van der Waals surface area contributed by atoms with Crippen LogP contribution in [0.3, 0.4) is 0 Å². The molecule has 4 heteroatoms. The van der Waals surface area contributed by atoms with E-state index in [9.17, 15) is 4.79 Å². The summed E-state index contributed by atoms with van der Waals surface area (Å²) in [6.45, 7) is 0. The van der Waals surface area contributed by atoms with Crippen molar-refractivity contribution in [2.24, 2.45) is 0 Å². The maximum Gasteiger partial charge on any atom is 0.196 e. The van der Waals surface area contributed by atoms with Gasteiger partial charge in [0.15, 0.2) is 5.78 Å². The molecule has 3 aromatic carbocycles. The number of hydrogen-bond donors (Lipinski definition) is 0. The third kappa shape index (κ3) is 2.82.